The van der Waals surface area contributed by atoms with E-state index in [2.05, 4.69) is 19.8 Å². The monoisotopic (exact) mass is 511 g/mol. The smallest absolute Gasteiger partial charge is 0.240 e. The number of pyridine rings is 1. The van der Waals surface area contributed by atoms with E-state index in [-0.39, 0.29) is 25.1 Å². The highest BCUT2D eigenvalue weighted by atomic mass is 35.5. The zero-order chi connectivity index (χ0) is 24.5. The van der Waals surface area contributed by atoms with Crippen LogP contribution in [0, 0.1) is 23.2 Å². The number of anilines is 1. The van der Waals surface area contributed by atoms with Crippen LogP contribution >= 0.6 is 23.3 Å². The SMILES string of the molecule is CC12OC(CCOc3ccc(Cl)cn3)(C[C@H]1O)[C@@H]1C(=O)N(c3ccc(C#N)c4nsnc34)C(=O)[C@@H]12. The number of halogens is 1. The summed E-state index contributed by atoms with van der Waals surface area (Å²) in [6.07, 6.45) is 1.03. The topological polar surface area (TPSA) is 139 Å². The minimum absolute atomic E-state index is 0.166. The molecule has 0 saturated carbocycles. The molecule has 3 aliphatic rings. The quantitative estimate of drug-likeness (QED) is 0.511. The third-order valence-corrected chi connectivity index (χ3v) is 8.10. The molecule has 178 valence electrons. The molecule has 1 N–H and O–H groups in total. The van der Waals surface area contributed by atoms with Crippen LogP contribution in [-0.4, -0.2) is 54.6 Å². The third kappa shape index (κ3) is 3.04. The molecule has 5 heterocycles. The standard InChI is InChI=1S/C23H18ClN5O5S/c1-22-14(30)8-23(34-22,6-7-33-15-5-3-12(24)10-26-15)17-16(22)20(31)29(21(17)32)13-4-2-11(9-25)18-19(13)28-35-27-18/h2-5,10,14,16-17,30H,6-8H2,1H3/t14-,16-,17+,22?,23?/m1/s1. The van der Waals surface area contributed by atoms with Gasteiger partial charge in [0.2, 0.25) is 17.7 Å². The first-order valence-electron chi connectivity index (χ1n) is 10.9. The Kier molecular flexibility index (Phi) is 4.88. The van der Waals surface area contributed by atoms with Gasteiger partial charge in [0.1, 0.15) is 22.7 Å². The number of rotatable bonds is 5. The van der Waals surface area contributed by atoms with Crippen LogP contribution in [0.3, 0.4) is 0 Å². The number of nitrogens with zero attached hydrogens (tertiary/aromatic N) is 5. The highest BCUT2D eigenvalue weighted by molar-refractivity contribution is 7.00. The number of ether oxygens (including phenoxy) is 2. The van der Waals surface area contributed by atoms with Gasteiger partial charge in [-0.3, -0.25) is 9.59 Å². The maximum Gasteiger partial charge on any atom is 0.240 e. The predicted octanol–water partition coefficient (Wildman–Crippen LogP) is 2.48. The van der Waals surface area contributed by atoms with E-state index in [4.69, 9.17) is 21.1 Å². The first-order valence-corrected chi connectivity index (χ1v) is 12.1. The molecule has 0 spiro atoms. The summed E-state index contributed by atoms with van der Waals surface area (Å²) >= 11 is 6.77. The van der Waals surface area contributed by atoms with E-state index in [1.54, 1.807) is 25.1 Å². The number of fused-ring (bicyclic) bond motifs is 6. The van der Waals surface area contributed by atoms with Gasteiger partial charge < -0.3 is 14.6 Å². The maximum absolute atomic E-state index is 13.8. The van der Waals surface area contributed by atoms with Crippen LogP contribution in [0.25, 0.3) is 11.0 Å². The van der Waals surface area contributed by atoms with Gasteiger partial charge in [-0.05, 0) is 25.1 Å². The van der Waals surface area contributed by atoms with Crippen molar-refractivity contribution in [1.29, 1.82) is 5.26 Å². The molecule has 3 aromatic rings. The Morgan fingerprint density at radius 3 is 2.77 bits per heavy atom. The molecule has 35 heavy (non-hydrogen) atoms. The molecule has 0 radical (unpaired) electrons. The lowest BCUT2D eigenvalue weighted by molar-refractivity contribution is -0.134. The molecule has 1 aromatic carbocycles. The van der Waals surface area contributed by atoms with Gasteiger partial charge in [0.15, 0.2) is 0 Å². The van der Waals surface area contributed by atoms with E-state index in [1.807, 2.05) is 0 Å². The van der Waals surface area contributed by atoms with Gasteiger partial charge in [0, 0.05) is 25.1 Å². The van der Waals surface area contributed by atoms with Gasteiger partial charge in [-0.2, -0.15) is 14.0 Å². The van der Waals surface area contributed by atoms with Crippen LogP contribution < -0.4 is 9.64 Å². The Labute approximate surface area is 208 Å². The minimum Gasteiger partial charge on any atom is -0.478 e. The summed E-state index contributed by atoms with van der Waals surface area (Å²) in [6, 6.07) is 8.42. The number of benzene rings is 1. The molecular formula is C23H18ClN5O5S. The number of carbonyl (C=O) groups is 2. The number of hydrogen-bond acceptors (Lipinski definition) is 10. The van der Waals surface area contributed by atoms with Crippen LogP contribution in [0.5, 0.6) is 5.88 Å². The molecule has 12 heteroatoms. The fraction of sp³-hybridized carbons (Fsp3) is 0.391. The highest BCUT2D eigenvalue weighted by Gasteiger charge is 2.77. The van der Waals surface area contributed by atoms with Gasteiger partial charge >= 0.3 is 0 Å². The molecule has 2 amide bonds. The molecular weight excluding hydrogens is 494 g/mol. The fourth-order valence-corrected chi connectivity index (χ4v) is 6.44. The van der Waals surface area contributed by atoms with Crippen molar-refractivity contribution in [3.63, 3.8) is 0 Å². The van der Waals surface area contributed by atoms with Crippen molar-refractivity contribution in [3.8, 4) is 11.9 Å². The molecule has 3 fully saturated rings. The summed E-state index contributed by atoms with van der Waals surface area (Å²) in [4.78, 5) is 32.7. The normalized spacial score (nSPS) is 31.3. The lowest BCUT2D eigenvalue weighted by Crippen LogP contribution is -2.49. The van der Waals surface area contributed by atoms with Gasteiger partial charge in [-0.25, -0.2) is 9.88 Å². The molecule has 10 nitrogen and oxygen atoms in total. The van der Waals surface area contributed by atoms with E-state index in [0.29, 0.717) is 27.5 Å². The van der Waals surface area contributed by atoms with E-state index in [9.17, 15) is 20.0 Å². The zero-order valence-electron chi connectivity index (χ0n) is 18.3. The summed E-state index contributed by atoms with van der Waals surface area (Å²) in [5, 5.41) is 20.7. The van der Waals surface area contributed by atoms with Crippen molar-refractivity contribution in [3.05, 3.63) is 41.0 Å². The Morgan fingerprint density at radius 1 is 1.26 bits per heavy atom. The van der Waals surface area contributed by atoms with Crippen molar-refractivity contribution >= 4 is 51.9 Å². The summed E-state index contributed by atoms with van der Waals surface area (Å²) in [5.74, 6) is -2.15. The van der Waals surface area contributed by atoms with Crippen LogP contribution in [-0.2, 0) is 14.3 Å². The van der Waals surface area contributed by atoms with Crippen LogP contribution in [0.15, 0.2) is 30.5 Å². The molecule has 6 rings (SSSR count). The lowest BCUT2D eigenvalue weighted by atomic mass is 9.66. The van der Waals surface area contributed by atoms with Gasteiger partial charge in [0.25, 0.3) is 0 Å². The first kappa shape index (κ1) is 22.3. The largest absolute Gasteiger partial charge is 0.478 e. The average Bonchev–Trinajstić information content (AvgIpc) is 3.55. The average molecular weight is 512 g/mol. The second-order valence-electron chi connectivity index (χ2n) is 9.16. The van der Waals surface area contributed by atoms with Crippen LogP contribution in [0.4, 0.5) is 5.69 Å². The van der Waals surface area contributed by atoms with E-state index < -0.39 is 41.0 Å². The Bertz CT molecular complexity index is 1420. The third-order valence-electron chi connectivity index (χ3n) is 7.35. The summed E-state index contributed by atoms with van der Waals surface area (Å²) in [6.45, 7) is 1.85. The number of nitriles is 1. The molecule has 2 bridgehead atoms. The second-order valence-corrected chi connectivity index (χ2v) is 10.1. The first-order chi connectivity index (χ1) is 16.8. The maximum atomic E-state index is 13.8. The minimum atomic E-state index is -1.21. The van der Waals surface area contributed by atoms with Crippen molar-refractivity contribution in [1.82, 2.24) is 13.7 Å². The van der Waals surface area contributed by atoms with Gasteiger partial charge in [0.05, 0.1) is 58.1 Å². The van der Waals surface area contributed by atoms with E-state index in [1.165, 1.54) is 12.3 Å². The number of imide groups is 1. The fourth-order valence-electron chi connectivity index (χ4n) is 5.76. The van der Waals surface area contributed by atoms with Crippen molar-refractivity contribution in [2.45, 2.75) is 37.1 Å². The summed E-state index contributed by atoms with van der Waals surface area (Å²) < 4.78 is 20.5. The number of aliphatic hydroxyl groups is 1. The van der Waals surface area contributed by atoms with Crippen molar-refractivity contribution in [2.24, 2.45) is 11.8 Å². The Morgan fingerprint density at radius 2 is 2.03 bits per heavy atom. The van der Waals surface area contributed by atoms with Crippen molar-refractivity contribution < 1.29 is 24.2 Å². The molecule has 3 aliphatic heterocycles. The number of aliphatic hydroxyl groups excluding tert-OH is 1. The van der Waals surface area contributed by atoms with E-state index in [0.717, 1.165) is 16.6 Å². The molecule has 5 atom stereocenters. The molecule has 2 aromatic heterocycles. The highest BCUT2D eigenvalue weighted by Crippen LogP contribution is 2.62. The summed E-state index contributed by atoms with van der Waals surface area (Å²) in [7, 11) is 0. The second kappa shape index (κ2) is 7.66. The number of amides is 2. The molecule has 2 unspecified atom stereocenters. The zero-order valence-corrected chi connectivity index (χ0v) is 19.9. The predicted molar refractivity (Wildman–Crippen MR) is 124 cm³/mol. The van der Waals surface area contributed by atoms with Crippen LogP contribution in [0.1, 0.15) is 25.3 Å². The number of hydrogen-bond donors (Lipinski definition) is 1. The summed E-state index contributed by atoms with van der Waals surface area (Å²) in [5.41, 5.74) is -1.02. The number of carbonyl (C=O) groups excluding carboxylic acids is 2. The van der Waals surface area contributed by atoms with Crippen LogP contribution in [0.2, 0.25) is 5.02 Å². The Balaban J connectivity index is 1.34. The van der Waals surface area contributed by atoms with Crippen molar-refractivity contribution in [2.75, 3.05) is 11.5 Å². The molecule has 0 aliphatic carbocycles. The van der Waals surface area contributed by atoms with Gasteiger partial charge in [-0.1, -0.05) is 11.6 Å². The van der Waals surface area contributed by atoms with Gasteiger partial charge in [-0.15, -0.1) is 0 Å². The van der Waals surface area contributed by atoms with E-state index >= 15 is 0 Å². The number of aromatic nitrogens is 3. The lowest BCUT2D eigenvalue weighted by Gasteiger charge is -2.33. The Hall–Kier alpha value is -3.17. The molecule has 3 saturated heterocycles.